The van der Waals surface area contributed by atoms with Crippen LogP contribution in [-0.2, 0) is 28.7 Å². The van der Waals surface area contributed by atoms with Crippen molar-refractivity contribution in [1.82, 2.24) is 10.2 Å². The standard InChI is InChI=1S/C29H28ClN3O3S/c1-20(27-8-4-6-22-5-2-3-7-28(22)27)31-29(34)32-25-11-13-26(14-12-25)37(35,36)18-21-9-10-23-16-33(19-30)17-24(23)15-21/h2-15,20H,16-19H2,1H3,(H2,31,32,34). The molecule has 8 heteroatoms. The first-order chi connectivity index (χ1) is 17.8. The van der Waals surface area contributed by atoms with Crippen LogP contribution in [0, 0.1) is 0 Å². The molecule has 0 radical (unpaired) electrons. The van der Waals surface area contributed by atoms with Gasteiger partial charge in [0.1, 0.15) is 0 Å². The number of carbonyl (C=O) groups excluding carboxylic acids is 1. The molecular formula is C29H28ClN3O3S. The van der Waals surface area contributed by atoms with E-state index in [2.05, 4.69) is 15.5 Å². The highest BCUT2D eigenvalue weighted by molar-refractivity contribution is 7.90. The maximum Gasteiger partial charge on any atom is 0.319 e. The van der Waals surface area contributed by atoms with Gasteiger partial charge in [0, 0.05) is 18.8 Å². The van der Waals surface area contributed by atoms with Crippen LogP contribution < -0.4 is 10.6 Å². The van der Waals surface area contributed by atoms with Gasteiger partial charge in [-0.2, -0.15) is 0 Å². The van der Waals surface area contributed by atoms with E-state index in [1.165, 1.54) is 17.7 Å². The van der Waals surface area contributed by atoms with E-state index >= 15 is 0 Å². The lowest BCUT2D eigenvalue weighted by atomic mass is 10.00. The van der Waals surface area contributed by atoms with Gasteiger partial charge < -0.3 is 10.6 Å². The molecule has 0 spiro atoms. The lowest BCUT2D eigenvalue weighted by Gasteiger charge is -2.17. The molecule has 4 aromatic carbocycles. The van der Waals surface area contributed by atoms with Crippen LogP contribution in [-0.4, -0.2) is 25.4 Å². The number of urea groups is 1. The monoisotopic (exact) mass is 533 g/mol. The van der Waals surface area contributed by atoms with Gasteiger partial charge in [-0.25, -0.2) is 13.2 Å². The minimum atomic E-state index is -3.54. The van der Waals surface area contributed by atoms with Crippen molar-refractivity contribution in [3.63, 3.8) is 0 Å². The molecule has 1 heterocycles. The van der Waals surface area contributed by atoms with Crippen LogP contribution in [0.5, 0.6) is 0 Å². The zero-order chi connectivity index (χ0) is 26.0. The predicted octanol–water partition coefficient (Wildman–Crippen LogP) is 6.21. The average molecular weight is 534 g/mol. The van der Waals surface area contributed by atoms with Crippen LogP contribution in [0.2, 0.25) is 0 Å². The van der Waals surface area contributed by atoms with Crippen molar-refractivity contribution in [3.05, 3.63) is 107 Å². The number of nitrogens with zero attached hydrogens (tertiary/aromatic N) is 1. The van der Waals surface area contributed by atoms with Gasteiger partial charge >= 0.3 is 6.03 Å². The Morgan fingerprint density at radius 3 is 2.46 bits per heavy atom. The van der Waals surface area contributed by atoms with E-state index < -0.39 is 9.84 Å². The summed E-state index contributed by atoms with van der Waals surface area (Å²) in [6.07, 6.45) is 0. The molecule has 2 amide bonds. The van der Waals surface area contributed by atoms with Gasteiger partial charge in [-0.05, 0) is 64.2 Å². The third-order valence-corrected chi connectivity index (χ3v) is 8.73. The van der Waals surface area contributed by atoms with Crippen molar-refractivity contribution in [2.75, 3.05) is 11.3 Å². The van der Waals surface area contributed by atoms with Crippen LogP contribution >= 0.6 is 11.6 Å². The Bertz CT molecular complexity index is 1550. The zero-order valence-corrected chi connectivity index (χ0v) is 22.0. The summed E-state index contributed by atoms with van der Waals surface area (Å²) in [6.45, 7) is 3.45. The molecule has 0 saturated carbocycles. The Morgan fingerprint density at radius 2 is 1.68 bits per heavy atom. The fourth-order valence-corrected chi connectivity index (χ4v) is 6.32. The molecule has 1 aliphatic rings. The number of carbonyl (C=O) groups is 1. The number of hydrogen-bond acceptors (Lipinski definition) is 4. The topological polar surface area (TPSA) is 78.5 Å². The number of hydrogen-bond donors (Lipinski definition) is 2. The Morgan fingerprint density at radius 1 is 0.946 bits per heavy atom. The zero-order valence-electron chi connectivity index (χ0n) is 20.4. The van der Waals surface area contributed by atoms with E-state index in [9.17, 15) is 13.2 Å². The van der Waals surface area contributed by atoms with E-state index in [-0.39, 0.29) is 22.7 Å². The lowest BCUT2D eigenvalue weighted by Crippen LogP contribution is -2.31. The van der Waals surface area contributed by atoms with Crippen molar-refractivity contribution in [2.24, 2.45) is 0 Å². The smallest absolute Gasteiger partial charge is 0.319 e. The molecule has 0 aliphatic carbocycles. The Kier molecular flexibility index (Phi) is 7.20. The normalized spacial score (nSPS) is 14.3. The van der Waals surface area contributed by atoms with Crippen LogP contribution in [0.3, 0.4) is 0 Å². The third-order valence-electron chi connectivity index (χ3n) is 6.69. The Labute approximate surface area is 222 Å². The van der Waals surface area contributed by atoms with Crippen LogP contribution in [0.1, 0.15) is 35.2 Å². The van der Waals surface area contributed by atoms with Crippen molar-refractivity contribution < 1.29 is 13.2 Å². The van der Waals surface area contributed by atoms with Gasteiger partial charge in [0.15, 0.2) is 9.84 Å². The highest BCUT2D eigenvalue weighted by atomic mass is 35.5. The van der Waals surface area contributed by atoms with Crippen molar-refractivity contribution in [3.8, 4) is 0 Å². The highest BCUT2D eigenvalue weighted by Crippen LogP contribution is 2.27. The molecule has 37 heavy (non-hydrogen) atoms. The fraction of sp³-hybridized carbons (Fsp3) is 0.207. The number of nitrogens with one attached hydrogen (secondary N) is 2. The first-order valence-electron chi connectivity index (χ1n) is 12.1. The number of amides is 2. The first-order valence-corrected chi connectivity index (χ1v) is 14.3. The second-order valence-corrected chi connectivity index (χ2v) is 11.6. The maximum absolute atomic E-state index is 13.0. The van der Waals surface area contributed by atoms with Gasteiger partial charge in [-0.3, -0.25) is 4.90 Å². The summed E-state index contributed by atoms with van der Waals surface area (Å²) in [6, 6.07) is 26.0. The molecule has 0 saturated heterocycles. The number of halogens is 1. The number of sulfone groups is 1. The summed E-state index contributed by atoms with van der Waals surface area (Å²) in [5.41, 5.74) is 4.60. The molecule has 0 bridgehead atoms. The fourth-order valence-electron chi connectivity index (χ4n) is 4.81. The number of fused-ring (bicyclic) bond motifs is 2. The van der Waals surface area contributed by atoms with Gasteiger partial charge in [0.2, 0.25) is 0 Å². The molecule has 5 rings (SSSR count). The van der Waals surface area contributed by atoms with Gasteiger partial charge in [0.25, 0.3) is 0 Å². The molecule has 6 nitrogen and oxygen atoms in total. The number of anilines is 1. The first kappa shape index (κ1) is 25.3. The summed E-state index contributed by atoms with van der Waals surface area (Å²) >= 11 is 5.94. The summed E-state index contributed by atoms with van der Waals surface area (Å²) in [5, 5.41) is 7.96. The van der Waals surface area contributed by atoms with E-state index in [1.807, 2.05) is 67.6 Å². The van der Waals surface area contributed by atoms with Gasteiger partial charge in [-0.1, -0.05) is 60.7 Å². The third kappa shape index (κ3) is 5.64. The van der Waals surface area contributed by atoms with Crippen LogP contribution in [0.15, 0.2) is 89.8 Å². The van der Waals surface area contributed by atoms with Crippen molar-refractivity contribution in [2.45, 2.75) is 36.7 Å². The molecule has 190 valence electrons. The van der Waals surface area contributed by atoms with Crippen molar-refractivity contribution >= 4 is 43.9 Å². The van der Waals surface area contributed by atoms with Crippen LogP contribution in [0.4, 0.5) is 10.5 Å². The van der Waals surface area contributed by atoms with Crippen LogP contribution in [0.25, 0.3) is 10.8 Å². The molecule has 1 atom stereocenters. The molecule has 0 aromatic heterocycles. The molecule has 0 fully saturated rings. The molecule has 1 unspecified atom stereocenters. The Hall–Kier alpha value is -3.39. The van der Waals surface area contributed by atoms with E-state index in [1.54, 1.807) is 12.1 Å². The summed E-state index contributed by atoms with van der Waals surface area (Å²) in [5.74, 6) is -0.0863. The van der Waals surface area contributed by atoms with Gasteiger partial charge in [0.05, 0.1) is 22.7 Å². The number of alkyl halides is 1. The minimum Gasteiger partial charge on any atom is -0.331 e. The number of benzene rings is 4. The second kappa shape index (κ2) is 10.5. The van der Waals surface area contributed by atoms with E-state index in [0.717, 1.165) is 40.6 Å². The average Bonchev–Trinajstić information content (AvgIpc) is 3.31. The van der Waals surface area contributed by atoms with Crippen molar-refractivity contribution in [1.29, 1.82) is 0 Å². The van der Waals surface area contributed by atoms with E-state index in [4.69, 9.17) is 11.6 Å². The molecule has 4 aromatic rings. The number of rotatable bonds is 7. The molecule has 2 N–H and O–H groups in total. The summed E-state index contributed by atoms with van der Waals surface area (Å²) in [7, 11) is -3.54. The minimum absolute atomic E-state index is 0.0863. The molecule has 1 aliphatic heterocycles. The predicted molar refractivity (Wildman–Crippen MR) is 148 cm³/mol. The SMILES string of the molecule is CC(NC(=O)Nc1ccc(S(=O)(=O)Cc2ccc3c(c2)CN(CCl)C3)cc1)c1cccc2ccccc12. The lowest BCUT2D eigenvalue weighted by molar-refractivity contribution is 0.249. The van der Waals surface area contributed by atoms with E-state index in [0.29, 0.717) is 11.7 Å². The summed E-state index contributed by atoms with van der Waals surface area (Å²) in [4.78, 5) is 14.9. The quantitative estimate of drug-likeness (QED) is 0.219. The van der Waals surface area contributed by atoms with Gasteiger partial charge in [-0.15, -0.1) is 11.6 Å². The Balaban J connectivity index is 1.22. The summed E-state index contributed by atoms with van der Waals surface area (Å²) < 4.78 is 26.1. The second-order valence-electron chi connectivity index (χ2n) is 9.38. The maximum atomic E-state index is 13.0. The molecular weight excluding hydrogens is 506 g/mol. The largest absolute Gasteiger partial charge is 0.331 e. The highest BCUT2D eigenvalue weighted by Gasteiger charge is 2.21.